The van der Waals surface area contributed by atoms with Crippen LogP contribution in [-0.4, -0.2) is 21.3 Å². The number of aromatic nitrogens is 2. The van der Waals surface area contributed by atoms with E-state index in [2.05, 4.69) is 16.1 Å². The molecule has 0 amide bonds. The Labute approximate surface area is 63.2 Å². The number of carboxylic acid groups (broad SMARTS) is 1. The minimum atomic E-state index is -1.13. The topological polar surface area (TPSA) is 66.0 Å². The highest BCUT2D eigenvalue weighted by Gasteiger charge is 1.94. The van der Waals surface area contributed by atoms with Crippen LogP contribution in [0, 0.1) is 18.8 Å². The summed E-state index contributed by atoms with van der Waals surface area (Å²) in [7, 11) is 0. The van der Waals surface area contributed by atoms with E-state index in [0.29, 0.717) is 5.56 Å². The summed E-state index contributed by atoms with van der Waals surface area (Å²) in [6, 6.07) is 0. The summed E-state index contributed by atoms with van der Waals surface area (Å²) < 4.78 is 0. The first-order chi connectivity index (χ1) is 5.20. The van der Waals surface area contributed by atoms with Crippen molar-refractivity contribution in [2.24, 2.45) is 0 Å². The van der Waals surface area contributed by atoms with Gasteiger partial charge in [-0.1, -0.05) is 5.92 Å². The van der Waals surface area contributed by atoms with E-state index in [-0.39, 0.29) is 0 Å². The molecule has 0 saturated carbocycles. The lowest BCUT2D eigenvalue weighted by Gasteiger charge is -1.80. The molecule has 11 heavy (non-hydrogen) atoms. The highest BCUT2D eigenvalue weighted by atomic mass is 16.4. The molecule has 1 aromatic heterocycles. The molecule has 0 bridgehead atoms. The molecule has 0 aliphatic heterocycles. The van der Waals surface area contributed by atoms with Gasteiger partial charge in [0.2, 0.25) is 0 Å². The molecule has 1 rings (SSSR count). The average molecular weight is 150 g/mol. The standard InChI is InChI=1S/C7H6N2O2/c1-5-6(4-8-9-5)2-3-7(10)11/h4H,1H3,(H,8,9)(H,10,11). The number of nitrogens with zero attached hydrogens (tertiary/aromatic N) is 1. The van der Waals surface area contributed by atoms with E-state index in [9.17, 15) is 4.79 Å². The zero-order chi connectivity index (χ0) is 8.27. The minimum Gasteiger partial charge on any atom is -0.472 e. The van der Waals surface area contributed by atoms with Gasteiger partial charge in [0.05, 0.1) is 11.8 Å². The Balaban J connectivity index is 2.90. The number of aromatic amines is 1. The summed E-state index contributed by atoms with van der Waals surface area (Å²) in [5, 5.41) is 14.5. The maximum absolute atomic E-state index is 10.0. The highest BCUT2D eigenvalue weighted by Crippen LogP contribution is 1.98. The Hall–Kier alpha value is -1.76. The third kappa shape index (κ3) is 1.83. The van der Waals surface area contributed by atoms with E-state index in [1.807, 2.05) is 5.92 Å². The van der Waals surface area contributed by atoms with Crippen molar-refractivity contribution in [3.8, 4) is 11.8 Å². The Bertz CT molecular complexity index is 330. The van der Waals surface area contributed by atoms with Gasteiger partial charge in [-0.05, 0) is 6.92 Å². The van der Waals surface area contributed by atoms with Crippen molar-refractivity contribution in [3.05, 3.63) is 17.5 Å². The second kappa shape index (κ2) is 2.88. The van der Waals surface area contributed by atoms with Gasteiger partial charge in [0.25, 0.3) is 0 Å². The number of H-pyrrole nitrogens is 1. The van der Waals surface area contributed by atoms with Crippen molar-refractivity contribution in [3.63, 3.8) is 0 Å². The molecule has 0 aliphatic carbocycles. The number of aliphatic carboxylic acids is 1. The molecule has 0 aliphatic rings. The second-order valence-electron chi connectivity index (χ2n) is 1.96. The maximum atomic E-state index is 10.0. The molecule has 4 nitrogen and oxygen atoms in total. The van der Waals surface area contributed by atoms with Crippen LogP contribution in [0.25, 0.3) is 0 Å². The van der Waals surface area contributed by atoms with Crippen molar-refractivity contribution >= 4 is 5.97 Å². The summed E-state index contributed by atoms with van der Waals surface area (Å²) in [5.41, 5.74) is 1.39. The van der Waals surface area contributed by atoms with Crippen LogP contribution in [0.3, 0.4) is 0 Å². The van der Waals surface area contributed by atoms with Gasteiger partial charge in [0, 0.05) is 11.6 Å². The van der Waals surface area contributed by atoms with E-state index in [0.717, 1.165) is 5.69 Å². The molecular weight excluding hydrogens is 144 g/mol. The fraction of sp³-hybridized carbons (Fsp3) is 0.143. The third-order valence-corrected chi connectivity index (χ3v) is 1.13. The minimum absolute atomic E-state index is 0.618. The molecule has 4 heteroatoms. The Morgan fingerprint density at radius 2 is 2.55 bits per heavy atom. The maximum Gasteiger partial charge on any atom is 0.382 e. The van der Waals surface area contributed by atoms with E-state index in [4.69, 9.17) is 5.11 Å². The Morgan fingerprint density at radius 3 is 3.00 bits per heavy atom. The second-order valence-corrected chi connectivity index (χ2v) is 1.96. The van der Waals surface area contributed by atoms with Crippen molar-refractivity contribution in [2.45, 2.75) is 6.92 Å². The van der Waals surface area contributed by atoms with Crippen LogP contribution < -0.4 is 0 Å². The van der Waals surface area contributed by atoms with Crippen LogP contribution in [0.15, 0.2) is 6.20 Å². The lowest BCUT2D eigenvalue weighted by atomic mass is 10.3. The monoisotopic (exact) mass is 150 g/mol. The molecule has 0 spiro atoms. The molecule has 0 radical (unpaired) electrons. The predicted octanol–water partition coefficient (Wildman–Crippen LogP) is 0.154. The molecule has 0 atom stereocenters. The third-order valence-electron chi connectivity index (χ3n) is 1.13. The van der Waals surface area contributed by atoms with E-state index < -0.39 is 5.97 Å². The van der Waals surface area contributed by atoms with Crippen LogP contribution in [0.4, 0.5) is 0 Å². The zero-order valence-corrected chi connectivity index (χ0v) is 5.88. The highest BCUT2D eigenvalue weighted by molar-refractivity contribution is 5.87. The number of aryl methyl sites for hydroxylation is 1. The largest absolute Gasteiger partial charge is 0.472 e. The van der Waals surface area contributed by atoms with Crippen molar-refractivity contribution in [1.82, 2.24) is 10.2 Å². The fourth-order valence-corrected chi connectivity index (χ4v) is 0.598. The Morgan fingerprint density at radius 1 is 1.82 bits per heavy atom. The number of rotatable bonds is 0. The van der Waals surface area contributed by atoms with E-state index in [1.54, 1.807) is 6.92 Å². The van der Waals surface area contributed by atoms with Crippen molar-refractivity contribution in [1.29, 1.82) is 0 Å². The average Bonchev–Trinajstić information content (AvgIpc) is 2.31. The molecule has 0 fully saturated rings. The van der Waals surface area contributed by atoms with Crippen LogP contribution in [-0.2, 0) is 4.79 Å². The molecule has 56 valence electrons. The first-order valence-electron chi connectivity index (χ1n) is 2.95. The van der Waals surface area contributed by atoms with E-state index in [1.165, 1.54) is 6.20 Å². The van der Waals surface area contributed by atoms with Crippen LogP contribution in [0.1, 0.15) is 11.3 Å². The number of hydrogen-bond donors (Lipinski definition) is 2. The lowest BCUT2D eigenvalue weighted by molar-refractivity contribution is -0.130. The summed E-state index contributed by atoms with van der Waals surface area (Å²) in [6.45, 7) is 1.78. The van der Waals surface area contributed by atoms with Crippen LogP contribution in [0.2, 0.25) is 0 Å². The molecule has 1 heterocycles. The molecule has 1 aromatic rings. The van der Waals surface area contributed by atoms with Crippen molar-refractivity contribution < 1.29 is 9.90 Å². The molecule has 0 saturated heterocycles. The molecule has 0 aromatic carbocycles. The summed E-state index contributed by atoms with van der Waals surface area (Å²) >= 11 is 0. The predicted molar refractivity (Wildman–Crippen MR) is 37.8 cm³/mol. The first kappa shape index (κ1) is 7.35. The first-order valence-corrected chi connectivity index (χ1v) is 2.95. The quantitative estimate of drug-likeness (QED) is 0.517. The summed E-state index contributed by atoms with van der Waals surface area (Å²) in [6.07, 6.45) is 1.49. The smallest absolute Gasteiger partial charge is 0.382 e. The van der Waals surface area contributed by atoms with Crippen molar-refractivity contribution in [2.75, 3.05) is 0 Å². The van der Waals surface area contributed by atoms with Gasteiger partial charge in [-0.15, -0.1) is 0 Å². The number of carbonyl (C=O) groups is 1. The molecule has 0 unspecified atom stereocenters. The summed E-state index contributed by atoms with van der Waals surface area (Å²) in [4.78, 5) is 10.0. The SMILES string of the molecule is Cc1[nH]ncc1C#CC(=O)O. The van der Waals surface area contributed by atoms with Gasteiger partial charge in [-0.2, -0.15) is 5.10 Å². The number of hydrogen-bond acceptors (Lipinski definition) is 2. The normalized spacial score (nSPS) is 8.45. The lowest BCUT2D eigenvalue weighted by Crippen LogP contribution is -1.87. The molecular formula is C7H6N2O2. The fourth-order valence-electron chi connectivity index (χ4n) is 0.598. The van der Waals surface area contributed by atoms with Gasteiger partial charge >= 0.3 is 5.97 Å². The number of nitrogens with one attached hydrogen (secondary N) is 1. The van der Waals surface area contributed by atoms with Gasteiger partial charge < -0.3 is 5.11 Å². The van der Waals surface area contributed by atoms with Gasteiger partial charge in [0.15, 0.2) is 0 Å². The van der Waals surface area contributed by atoms with E-state index >= 15 is 0 Å². The zero-order valence-electron chi connectivity index (χ0n) is 5.88. The van der Waals surface area contributed by atoms with Gasteiger partial charge in [0.1, 0.15) is 0 Å². The van der Waals surface area contributed by atoms with Gasteiger partial charge in [-0.25, -0.2) is 4.79 Å². The van der Waals surface area contributed by atoms with Gasteiger partial charge in [-0.3, -0.25) is 5.10 Å². The summed E-state index contributed by atoms with van der Waals surface area (Å²) in [5.74, 6) is 3.31. The number of carboxylic acids is 1. The molecule has 2 N–H and O–H groups in total. The Kier molecular flexibility index (Phi) is 1.93. The van der Waals surface area contributed by atoms with Crippen LogP contribution >= 0.6 is 0 Å². The van der Waals surface area contributed by atoms with Crippen LogP contribution in [0.5, 0.6) is 0 Å².